The fourth-order valence-corrected chi connectivity index (χ4v) is 4.15. The first-order valence-electron chi connectivity index (χ1n) is 10.9. The van der Waals surface area contributed by atoms with Crippen molar-refractivity contribution >= 4 is 72.2 Å². The van der Waals surface area contributed by atoms with Gasteiger partial charge in [0.25, 0.3) is 5.91 Å². The Labute approximate surface area is 231 Å². The molecular weight excluding hydrogens is 534 g/mol. The number of pyridine rings is 1. The molecule has 0 aliphatic carbocycles. The third kappa shape index (κ3) is 8.99. The third-order valence-electron chi connectivity index (χ3n) is 6.05. The second kappa shape index (κ2) is 15.4. The van der Waals surface area contributed by atoms with Crippen molar-refractivity contribution in [1.29, 1.82) is 0 Å². The van der Waals surface area contributed by atoms with Crippen LogP contribution in [0.15, 0.2) is 36.5 Å². The molecule has 1 fully saturated rings. The highest BCUT2D eigenvalue weighted by Crippen LogP contribution is 2.27. The Balaban J connectivity index is 0.00000385. The summed E-state index contributed by atoms with van der Waals surface area (Å²) in [5.41, 5.74) is 1.41. The largest absolute Gasteiger partial charge is 0.465 e. The molecule has 2 aromatic rings. The first-order valence-corrected chi connectivity index (χ1v) is 11.3. The predicted octanol–water partition coefficient (Wildman–Crippen LogP) is 5.96. The summed E-state index contributed by atoms with van der Waals surface area (Å²) >= 11 is 5.88. The number of ether oxygens (including phenoxy) is 1. The zero-order valence-corrected chi connectivity index (χ0v) is 23.5. The van der Waals surface area contributed by atoms with E-state index in [1.165, 1.54) is 13.3 Å². The Kier molecular flexibility index (Phi) is 14.6. The first kappa shape index (κ1) is 33.2. The van der Waals surface area contributed by atoms with E-state index in [4.69, 9.17) is 16.3 Å². The highest BCUT2D eigenvalue weighted by atomic mass is 35.5. The summed E-state index contributed by atoms with van der Waals surface area (Å²) in [6, 6.07) is 8.89. The van der Waals surface area contributed by atoms with E-state index in [1.54, 1.807) is 30.3 Å². The Morgan fingerprint density at radius 2 is 1.74 bits per heavy atom. The number of nitrogens with zero attached hydrogens (tertiary/aromatic N) is 2. The number of methoxy groups -OCH3 is 1. The maximum Gasteiger partial charge on any atom is 0.337 e. The van der Waals surface area contributed by atoms with Gasteiger partial charge in [-0.05, 0) is 83.0 Å². The number of hydrogen-bond acceptors (Lipinski definition) is 6. The zero-order valence-electron chi connectivity index (χ0n) is 20.2. The van der Waals surface area contributed by atoms with Crippen molar-refractivity contribution in [2.75, 3.05) is 30.8 Å². The molecule has 0 saturated carbocycles. The van der Waals surface area contributed by atoms with Crippen LogP contribution in [0.3, 0.4) is 0 Å². The lowest BCUT2D eigenvalue weighted by molar-refractivity contribution is 0.0600. The third-order valence-corrected chi connectivity index (χ3v) is 6.27. The van der Waals surface area contributed by atoms with Gasteiger partial charge in [0, 0.05) is 24.0 Å². The number of halogens is 4. The molecule has 1 aromatic carbocycles. The van der Waals surface area contributed by atoms with Gasteiger partial charge in [0.1, 0.15) is 5.82 Å². The van der Waals surface area contributed by atoms with Crippen molar-refractivity contribution in [3.63, 3.8) is 0 Å². The maximum atomic E-state index is 13.0. The van der Waals surface area contributed by atoms with Crippen LogP contribution < -0.4 is 10.6 Å². The van der Waals surface area contributed by atoms with Gasteiger partial charge in [0.05, 0.1) is 23.3 Å². The number of likely N-dealkylation sites (tertiary alicyclic amines) is 1. The molecule has 35 heavy (non-hydrogen) atoms. The van der Waals surface area contributed by atoms with Gasteiger partial charge in [0.15, 0.2) is 0 Å². The lowest BCUT2D eigenvalue weighted by atomic mass is 9.89. The molecule has 0 radical (unpaired) electrons. The van der Waals surface area contributed by atoms with Crippen LogP contribution in [0.1, 0.15) is 54.3 Å². The van der Waals surface area contributed by atoms with Crippen LogP contribution in [-0.4, -0.2) is 54.0 Å². The van der Waals surface area contributed by atoms with Crippen LogP contribution in [0.5, 0.6) is 0 Å². The van der Waals surface area contributed by atoms with E-state index >= 15 is 0 Å². The van der Waals surface area contributed by atoms with Gasteiger partial charge in [-0.15, -0.1) is 37.2 Å². The van der Waals surface area contributed by atoms with Crippen molar-refractivity contribution in [2.24, 2.45) is 5.92 Å². The Morgan fingerprint density at radius 3 is 2.29 bits per heavy atom. The highest BCUT2D eigenvalue weighted by Gasteiger charge is 2.26. The summed E-state index contributed by atoms with van der Waals surface area (Å²) in [6.45, 7) is 8.70. The van der Waals surface area contributed by atoms with Crippen LogP contribution in [0, 0.1) is 5.92 Å². The molecule has 1 aromatic heterocycles. The number of aromatic nitrogens is 1. The highest BCUT2D eigenvalue weighted by molar-refractivity contribution is 6.30. The Morgan fingerprint density at radius 1 is 1.09 bits per heavy atom. The number of nitrogens with one attached hydrogen (secondary N) is 2. The van der Waals surface area contributed by atoms with Gasteiger partial charge >= 0.3 is 5.97 Å². The summed E-state index contributed by atoms with van der Waals surface area (Å²) in [6.07, 6.45) is 3.64. The fourth-order valence-electron chi connectivity index (χ4n) is 4.04. The topological polar surface area (TPSA) is 83.6 Å². The van der Waals surface area contributed by atoms with Crippen LogP contribution in [-0.2, 0) is 4.74 Å². The van der Waals surface area contributed by atoms with E-state index < -0.39 is 5.97 Å². The van der Waals surface area contributed by atoms with Gasteiger partial charge in [-0.3, -0.25) is 4.79 Å². The summed E-state index contributed by atoms with van der Waals surface area (Å²) in [5.74, 6) is 0.106. The second-order valence-electron chi connectivity index (χ2n) is 8.47. The minimum Gasteiger partial charge on any atom is -0.465 e. The Hall–Kier alpha value is -1.77. The maximum absolute atomic E-state index is 13.0. The molecule has 1 atom stereocenters. The van der Waals surface area contributed by atoms with Crippen molar-refractivity contribution in [3.8, 4) is 0 Å². The normalized spacial score (nSPS) is 14.6. The number of esters is 1. The van der Waals surface area contributed by atoms with Crippen LogP contribution >= 0.6 is 48.8 Å². The van der Waals surface area contributed by atoms with E-state index in [0.717, 1.165) is 25.9 Å². The molecule has 0 spiro atoms. The van der Waals surface area contributed by atoms with Crippen LogP contribution in [0.4, 0.5) is 11.5 Å². The number of amides is 1. The van der Waals surface area contributed by atoms with E-state index in [1.807, 2.05) is 0 Å². The van der Waals surface area contributed by atoms with Gasteiger partial charge in [-0.1, -0.05) is 11.6 Å². The van der Waals surface area contributed by atoms with Crippen molar-refractivity contribution < 1.29 is 14.3 Å². The van der Waals surface area contributed by atoms with E-state index in [9.17, 15) is 9.59 Å². The van der Waals surface area contributed by atoms with Crippen LogP contribution in [0.25, 0.3) is 0 Å². The second-order valence-corrected chi connectivity index (χ2v) is 8.90. The van der Waals surface area contributed by atoms with Gasteiger partial charge in [-0.25, -0.2) is 9.78 Å². The Bertz CT molecular complexity index is 952. The smallest absolute Gasteiger partial charge is 0.337 e. The van der Waals surface area contributed by atoms with E-state index in [-0.39, 0.29) is 49.2 Å². The van der Waals surface area contributed by atoms with E-state index in [0.29, 0.717) is 39.6 Å². The van der Waals surface area contributed by atoms with Crippen molar-refractivity contribution in [2.45, 2.75) is 45.7 Å². The molecule has 0 bridgehead atoms. The fraction of sp³-hybridized carbons (Fsp3) is 0.458. The SMILES string of the molecule is COC(=O)c1ccc(C(=O)Nc2ccc(Cl)cn2)c(NC(C)C2CCN(C(C)C)CC2)c1.Cl.Cl.Cl. The molecule has 3 rings (SSSR count). The van der Waals surface area contributed by atoms with E-state index in [2.05, 4.69) is 41.3 Å². The number of carbonyl (C=O) groups is 2. The van der Waals surface area contributed by atoms with Gasteiger partial charge in [-0.2, -0.15) is 0 Å². The average molecular weight is 568 g/mol. The molecule has 7 nitrogen and oxygen atoms in total. The summed E-state index contributed by atoms with van der Waals surface area (Å²) < 4.78 is 4.86. The average Bonchev–Trinajstić information content (AvgIpc) is 2.79. The monoisotopic (exact) mass is 566 g/mol. The molecule has 1 amide bonds. The molecule has 1 saturated heterocycles. The number of carbonyl (C=O) groups excluding carboxylic acids is 2. The number of anilines is 2. The quantitative estimate of drug-likeness (QED) is 0.402. The van der Waals surface area contributed by atoms with Crippen molar-refractivity contribution in [1.82, 2.24) is 9.88 Å². The summed E-state index contributed by atoms with van der Waals surface area (Å²) in [5, 5.41) is 6.77. The molecule has 2 N–H and O–H groups in total. The number of hydrogen-bond donors (Lipinski definition) is 2. The molecule has 2 heterocycles. The predicted molar refractivity (Wildman–Crippen MR) is 149 cm³/mol. The molecular formula is C24H34Cl4N4O3. The molecule has 1 aliphatic rings. The molecule has 11 heteroatoms. The number of rotatable bonds is 7. The summed E-state index contributed by atoms with van der Waals surface area (Å²) in [7, 11) is 1.34. The van der Waals surface area contributed by atoms with Gasteiger partial charge in [0.2, 0.25) is 0 Å². The minimum atomic E-state index is -0.447. The standard InChI is InChI=1S/C24H31ClN4O3.3ClH/c1-15(2)29-11-9-17(10-12-29)16(3)27-21-13-18(24(31)32-4)5-7-20(21)23(30)28-22-8-6-19(25)14-26-22;;;/h5-8,13-17,27H,9-12H2,1-4H3,(H,26,28,30);3*1H. The number of benzene rings is 1. The molecule has 1 aliphatic heterocycles. The first-order chi connectivity index (χ1) is 15.3. The minimum absolute atomic E-state index is 0. The number of piperidine rings is 1. The van der Waals surface area contributed by atoms with Gasteiger partial charge < -0.3 is 20.3 Å². The lowest BCUT2D eigenvalue weighted by Gasteiger charge is -2.37. The van der Waals surface area contributed by atoms with Crippen molar-refractivity contribution in [3.05, 3.63) is 52.7 Å². The molecule has 196 valence electrons. The zero-order chi connectivity index (χ0) is 23.3. The molecule has 1 unspecified atom stereocenters. The van der Waals surface area contributed by atoms with Crippen LogP contribution in [0.2, 0.25) is 5.02 Å². The lowest BCUT2D eigenvalue weighted by Crippen LogP contribution is -2.42. The summed E-state index contributed by atoms with van der Waals surface area (Å²) in [4.78, 5) is 31.7.